The Morgan fingerprint density at radius 3 is 2.48 bits per heavy atom. The first-order valence-corrected chi connectivity index (χ1v) is 7.21. The van der Waals surface area contributed by atoms with E-state index in [4.69, 9.17) is 9.84 Å². The molecule has 1 aromatic rings. The molecule has 0 heterocycles. The van der Waals surface area contributed by atoms with Crippen LogP contribution in [0.4, 0.5) is 5.69 Å². The lowest BCUT2D eigenvalue weighted by Gasteiger charge is -2.14. The summed E-state index contributed by atoms with van der Waals surface area (Å²) in [6.45, 7) is 5.64. The first-order valence-electron chi connectivity index (χ1n) is 7.21. The van der Waals surface area contributed by atoms with Crippen molar-refractivity contribution in [2.24, 2.45) is 5.92 Å². The molecular formula is C16H23NO4. The predicted molar refractivity (Wildman–Crippen MR) is 81.6 cm³/mol. The molecule has 0 aromatic heterocycles. The lowest BCUT2D eigenvalue weighted by atomic mass is 9.99. The number of hydrogen-bond acceptors (Lipinski definition) is 3. The summed E-state index contributed by atoms with van der Waals surface area (Å²) in [4.78, 5) is 22.4. The Labute approximate surface area is 125 Å². The van der Waals surface area contributed by atoms with Crippen LogP contribution in [0.5, 0.6) is 5.75 Å². The summed E-state index contributed by atoms with van der Waals surface area (Å²) in [6, 6.07) is 5.11. The smallest absolute Gasteiger partial charge is 0.341 e. The number of carbonyl (C=O) groups excluding carboxylic acids is 1. The highest BCUT2D eigenvalue weighted by Crippen LogP contribution is 2.22. The second-order valence-electron chi connectivity index (χ2n) is 5.09. The zero-order valence-corrected chi connectivity index (χ0v) is 12.8. The fourth-order valence-electron chi connectivity index (χ4n) is 2.05. The summed E-state index contributed by atoms with van der Waals surface area (Å²) in [5.41, 5.74) is 1.57. The fraction of sp³-hybridized carbons (Fsp3) is 0.500. The van der Waals surface area contributed by atoms with Crippen LogP contribution < -0.4 is 10.1 Å². The van der Waals surface area contributed by atoms with E-state index in [1.807, 2.05) is 6.92 Å². The van der Waals surface area contributed by atoms with Crippen molar-refractivity contribution >= 4 is 17.6 Å². The molecule has 2 N–H and O–H groups in total. The van der Waals surface area contributed by atoms with Gasteiger partial charge in [-0.2, -0.15) is 0 Å². The van der Waals surface area contributed by atoms with E-state index in [1.54, 1.807) is 18.2 Å². The topological polar surface area (TPSA) is 75.6 Å². The Morgan fingerprint density at radius 1 is 1.29 bits per heavy atom. The second kappa shape index (κ2) is 8.29. The number of anilines is 1. The van der Waals surface area contributed by atoms with Crippen molar-refractivity contribution in [2.45, 2.75) is 40.0 Å². The van der Waals surface area contributed by atoms with E-state index in [-0.39, 0.29) is 12.5 Å². The standard InChI is InChI=1S/C16H23NO4/c1-4-12(5-2)9-15(18)17-14-7-6-13(8-11(14)3)21-10-16(19)20/h6-8,12H,4-5,9-10H2,1-3H3,(H,17,18)(H,19,20). The minimum absolute atomic E-state index is 0.00556. The van der Waals surface area contributed by atoms with Gasteiger partial charge in [0.15, 0.2) is 6.61 Å². The number of amides is 1. The molecule has 1 rings (SSSR count). The molecule has 0 unspecified atom stereocenters. The van der Waals surface area contributed by atoms with E-state index in [9.17, 15) is 9.59 Å². The zero-order valence-electron chi connectivity index (χ0n) is 12.8. The third kappa shape index (κ3) is 5.85. The van der Waals surface area contributed by atoms with Gasteiger partial charge in [-0.15, -0.1) is 0 Å². The van der Waals surface area contributed by atoms with Gasteiger partial charge in [0.2, 0.25) is 5.91 Å². The van der Waals surface area contributed by atoms with Gasteiger partial charge >= 0.3 is 5.97 Å². The van der Waals surface area contributed by atoms with Crippen molar-refractivity contribution in [1.29, 1.82) is 0 Å². The summed E-state index contributed by atoms with van der Waals surface area (Å²) in [7, 11) is 0. The quantitative estimate of drug-likeness (QED) is 0.771. The number of rotatable bonds is 8. The van der Waals surface area contributed by atoms with E-state index in [0.717, 1.165) is 24.1 Å². The Kier molecular flexibility index (Phi) is 6.72. The second-order valence-corrected chi connectivity index (χ2v) is 5.09. The third-order valence-electron chi connectivity index (χ3n) is 3.46. The Balaban J connectivity index is 2.63. The first kappa shape index (κ1) is 17.0. The molecule has 0 spiro atoms. The van der Waals surface area contributed by atoms with E-state index < -0.39 is 5.97 Å². The maximum absolute atomic E-state index is 12.0. The number of aryl methyl sites for hydroxylation is 1. The maximum atomic E-state index is 12.0. The Hall–Kier alpha value is -2.04. The normalized spacial score (nSPS) is 10.5. The van der Waals surface area contributed by atoms with Gasteiger partial charge < -0.3 is 15.2 Å². The summed E-state index contributed by atoms with van der Waals surface area (Å²) in [5, 5.41) is 11.5. The lowest BCUT2D eigenvalue weighted by molar-refractivity contribution is -0.139. The summed E-state index contributed by atoms with van der Waals surface area (Å²) >= 11 is 0. The number of benzene rings is 1. The molecular weight excluding hydrogens is 270 g/mol. The molecule has 0 bridgehead atoms. The minimum Gasteiger partial charge on any atom is -0.482 e. The van der Waals surface area contributed by atoms with Crippen LogP contribution in [0.3, 0.4) is 0 Å². The fourth-order valence-corrected chi connectivity index (χ4v) is 2.05. The van der Waals surface area contributed by atoms with Gasteiger partial charge in [-0.05, 0) is 36.6 Å². The van der Waals surface area contributed by atoms with E-state index in [2.05, 4.69) is 19.2 Å². The highest BCUT2D eigenvalue weighted by molar-refractivity contribution is 5.91. The highest BCUT2D eigenvalue weighted by Gasteiger charge is 2.11. The number of ether oxygens (including phenoxy) is 1. The van der Waals surface area contributed by atoms with Crippen molar-refractivity contribution in [2.75, 3.05) is 11.9 Å². The third-order valence-corrected chi connectivity index (χ3v) is 3.46. The molecule has 1 aromatic carbocycles. The Bertz CT molecular complexity index is 495. The summed E-state index contributed by atoms with van der Waals surface area (Å²) < 4.78 is 5.10. The number of aliphatic carboxylic acids is 1. The number of nitrogens with one attached hydrogen (secondary N) is 1. The average molecular weight is 293 g/mol. The van der Waals surface area contributed by atoms with Gasteiger partial charge in [0.05, 0.1) is 0 Å². The molecule has 0 atom stereocenters. The van der Waals surface area contributed by atoms with Gasteiger partial charge in [0.25, 0.3) is 0 Å². The molecule has 0 fully saturated rings. The van der Waals surface area contributed by atoms with Gasteiger partial charge in [0.1, 0.15) is 5.75 Å². The van der Waals surface area contributed by atoms with Gasteiger partial charge in [0, 0.05) is 12.1 Å². The van der Waals surface area contributed by atoms with Crippen LogP contribution in [-0.4, -0.2) is 23.6 Å². The molecule has 0 aliphatic carbocycles. The van der Waals surface area contributed by atoms with Crippen LogP contribution in [0.25, 0.3) is 0 Å². The monoisotopic (exact) mass is 293 g/mol. The number of hydrogen-bond donors (Lipinski definition) is 2. The van der Waals surface area contributed by atoms with Crippen molar-refractivity contribution < 1.29 is 19.4 Å². The molecule has 5 nitrogen and oxygen atoms in total. The number of carboxylic acids is 1. The van der Waals surface area contributed by atoms with Crippen molar-refractivity contribution in [3.8, 4) is 5.75 Å². The predicted octanol–water partition coefficient (Wildman–Crippen LogP) is 3.22. The summed E-state index contributed by atoms with van der Waals surface area (Å²) in [5.74, 6) is -0.127. The van der Waals surface area contributed by atoms with E-state index >= 15 is 0 Å². The molecule has 0 aliphatic heterocycles. The van der Waals surface area contributed by atoms with Crippen LogP contribution in [-0.2, 0) is 9.59 Å². The van der Waals surface area contributed by atoms with Crippen LogP contribution in [0.1, 0.15) is 38.7 Å². The van der Waals surface area contributed by atoms with Crippen molar-refractivity contribution in [1.82, 2.24) is 0 Å². The van der Waals surface area contributed by atoms with E-state index in [1.165, 1.54) is 0 Å². The minimum atomic E-state index is -1.02. The average Bonchev–Trinajstić information content (AvgIpc) is 2.45. The van der Waals surface area contributed by atoms with Gasteiger partial charge in [-0.3, -0.25) is 4.79 Å². The van der Waals surface area contributed by atoms with Gasteiger partial charge in [-0.25, -0.2) is 4.79 Å². The molecule has 0 saturated carbocycles. The SMILES string of the molecule is CCC(CC)CC(=O)Nc1ccc(OCC(=O)O)cc1C. The molecule has 21 heavy (non-hydrogen) atoms. The van der Waals surface area contributed by atoms with Crippen LogP contribution in [0.15, 0.2) is 18.2 Å². The van der Waals surface area contributed by atoms with Crippen molar-refractivity contribution in [3.63, 3.8) is 0 Å². The first-order chi connectivity index (χ1) is 9.96. The molecule has 116 valence electrons. The Morgan fingerprint density at radius 2 is 1.95 bits per heavy atom. The number of carbonyl (C=O) groups is 2. The molecule has 0 saturated heterocycles. The number of carboxylic acid groups (broad SMARTS) is 1. The summed E-state index contributed by atoms with van der Waals surface area (Å²) in [6.07, 6.45) is 2.50. The molecule has 1 amide bonds. The van der Waals surface area contributed by atoms with Gasteiger partial charge in [-0.1, -0.05) is 26.7 Å². The van der Waals surface area contributed by atoms with Crippen LogP contribution in [0, 0.1) is 12.8 Å². The van der Waals surface area contributed by atoms with Crippen LogP contribution >= 0.6 is 0 Å². The molecule has 5 heteroatoms. The zero-order chi connectivity index (χ0) is 15.8. The van der Waals surface area contributed by atoms with Crippen molar-refractivity contribution in [3.05, 3.63) is 23.8 Å². The van der Waals surface area contributed by atoms with E-state index in [0.29, 0.717) is 18.1 Å². The maximum Gasteiger partial charge on any atom is 0.341 e. The molecule has 0 radical (unpaired) electrons. The largest absolute Gasteiger partial charge is 0.482 e. The lowest BCUT2D eigenvalue weighted by Crippen LogP contribution is -2.16. The molecule has 0 aliphatic rings. The van der Waals surface area contributed by atoms with Crippen LogP contribution in [0.2, 0.25) is 0 Å². The highest BCUT2D eigenvalue weighted by atomic mass is 16.5.